The van der Waals surface area contributed by atoms with Gasteiger partial charge in [0.1, 0.15) is 0 Å². The van der Waals surface area contributed by atoms with E-state index in [2.05, 4.69) is 40.9 Å². The third-order valence-corrected chi connectivity index (χ3v) is 5.09. The van der Waals surface area contributed by atoms with Gasteiger partial charge in [0.15, 0.2) is 0 Å². The monoisotopic (exact) mass is 306 g/mol. The van der Waals surface area contributed by atoms with Gasteiger partial charge >= 0.3 is 0 Å². The molecule has 0 radical (unpaired) electrons. The van der Waals surface area contributed by atoms with Crippen molar-refractivity contribution in [1.82, 2.24) is 20.0 Å². The van der Waals surface area contributed by atoms with E-state index in [4.69, 9.17) is 4.74 Å². The minimum absolute atomic E-state index is 0.175. The molecule has 22 heavy (non-hydrogen) atoms. The number of H-pyrrole nitrogens is 1. The molecule has 0 unspecified atom stereocenters. The van der Waals surface area contributed by atoms with Gasteiger partial charge in [-0.1, -0.05) is 0 Å². The molecule has 0 saturated carbocycles. The average Bonchev–Trinajstić information content (AvgIpc) is 2.91. The van der Waals surface area contributed by atoms with Crippen LogP contribution >= 0.6 is 0 Å². The van der Waals surface area contributed by atoms with Crippen molar-refractivity contribution >= 4 is 0 Å². The van der Waals surface area contributed by atoms with Crippen LogP contribution in [-0.2, 0) is 24.1 Å². The predicted octanol–water partition coefficient (Wildman–Crippen LogP) is 1.83. The van der Waals surface area contributed by atoms with Crippen LogP contribution in [0.15, 0.2) is 0 Å². The zero-order chi connectivity index (χ0) is 15.6. The molecule has 1 aliphatic carbocycles. The van der Waals surface area contributed by atoms with Crippen molar-refractivity contribution in [2.24, 2.45) is 0 Å². The average molecular weight is 306 g/mol. The highest BCUT2D eigenvalue weighted by molar-refractivity contribution is 5.27. The zero-order valence-corrected chi connectivity index (χ0v) is 14.3. The summed E-state index contributed by atoms with van der Waals surface area (Å²) in [6.07, 6.45) is 4.98. The number of nitrogens with zero attached hydrogens (tertiary/aromatic N) is 3. The molecule has 2 aliphatic rings. The van der Waals surface area contributed by atoms with Crippen molar-refractivity contribution in [3.05, 3.63) is 17.0 Å². The van der Waals surface area contributed by atoms with Gasteiger partial charge in [-0.2, -0.15) is 5.10 Å². The van der Waals surface area contributed by atoms with Crippen molar-refractivity contribution in [2.45, 2.75) is 51.6 Å². The van der Waals surface area contributed by atoms with Crippen LogP contribution < -0.4 is 0 Å². The first-order valence-corrected chi connectivity index (χ1v) is 8.62. The van der Waals surface area contributed by atoms with E-state index in [0.717, 1.165) is 39.4 Å². The number of morpholine rings is 1. The fourth-order valence-corrected chi connectivity index (χ4v) is 3.92. The van der Waals surface area contributed by atoms with Gasteiger partial charge in [-0.05, 0) is 52.1 Å². The van der Waals surface area contributed by atoms with Crippen LogP contribution in [0.2, 0.25) is 0 Å². The van der Waals surface area contributed by atoms with Gasteiger partial charge in [-0.15, -0.1) is 0 Å². The van der Waals surface area contributed by atoms with Crippen molar-refractivity contribution in [1.29, 1.82) is 0 Å². The molecule has 2 heterocycles. The van der Waals surface area contributed by atoms with Crippen LogP contribution in [0.5, 0.6) is 0 Å². The lowest BCUT2D eigenvalue weighted by Crippen LogP contribution is -2.54. The van der Waals surface area contributed by atoms with Crippen molar-refractivity contribution in [2.75, 3.05) is 39.9 Å². The maximum absolute atomic E-state index is 5.48. The largest absolute Gasteiger partial charge is 0.379 e. The van der Waals surface area contributed by atoms with Gasteiger partial charge in [0.25, 0.3) is 0 Å². The number of rotatable bonds is 5. The summed E-state index contributed by atoms with van der Waals surface area (Å²) in [5.74, 6) is 0. The first kappa shape index (κ1) is 16.0. The summed E-state index contributed by atoms with van der Waals surface area (Å²) >= 11 is 0. The standard InChI is InChI=1S/C17H30N4O/c1-17(2,21-8-10-22-11-9-21)13-20(3)12-16-14-6-4-5-7-15(14)18-19-16/h4-13H2,1-3H3,(H,18,19). The molecule has 0 amide bonds. The van der Waals surface area contributed by atoms with Gasteiger partial charge in [0.05, 0.1) is 18.9 Å². The summed E-state index contributed by atoms with van der Waals surface area (Å²) in [7, 11) is 2.21. The number of likely N-dealkylation sites (N-methyl/N-ethyl adjacent to an activating group) is 1. The molecule has 1 fully saturated rings. The van der Waals surface area contributed by atoms with Crippen LogP contribution in [-0.4, -0.2) is 65.4 Å². The number of aryl methyl sites for hydroxylation is 1. The molecule has 1 saturated heterocycles. The van der Waals surface area contributed by atoms with Gasteiger partial charge in [-0.3, -0.25) is 14.9 Å². The Morgan fingerprint density at radius 1 is 1.23 bits per heavy atom. The van der Waals surface area contributed by atoms with E-state index in [1.807, 2.05) is 0 Å². The lowest BCUT2D eigenvalue weighted by molar-refractivity contribution is -0.0201. The fraction of sp³-hybridized carbons (Fsp3) is 0.824. The third-order valence-electron chi connectivity index (χ3n) is 5.09. The van der Waals surface area contributed by atoms with E-state index in [1.54, 1.807) is 0 Å². The highest BCUT2D eigenvalue weighted by Gasteiger charge is 2.30. The Balaban J connectivity index is 1.59. The number of aromatic amines is 1. The second kappa shape index (κ2) is 6.69. The molecule has 1 aliphatic heterocycles. The molecule has 5 heteroatoms. The van der Waals surface area contributed by atoms with Gasteiger partial charge < -0.3 is 4.74 Å². The molecule has 1 aromatic heterocycles. The van der Waals surface area contributed by atoms with Crippen molar-refractivity contribution in [3.63, 3.8) is 0 Å². The quantitative estimate of drug-likeness (QED) is 0.901. The van der Waals surface area contributed by atoms with Crippen molar-refractivity contribution < 1.29 is 4.74 Å². The predicted molar refractivity (Wildman–Crippen MR) is 88.0 cm³/mol. The summed E-state index contributed by atoms with van der Waals surface area (Å²) in [5.41, 5.74) is 4.30. The molecule has 0 aromatic carbocycles. The molecule has 5 nitrogen and oxygen atoms in total. The first-order valence-electron chi connectivity index (χ1n) is 8.62. The highest BCUT2D eigenvalue weighted by atomic mass is 16.5. The third kappa shape index (κ3) is 3.53. The second-order valence-corrected chi connectivity index (χ2v) is 7.42. The number of hydrogen-bond donors (Lipinski definition) is 1. The minimum Gasteiger partial charge on any atom is -0.379 e. The summed E-state index contributed by atoms with van der Waals surface area (Å²) in [6.45, 7) is 10.5. The lowest BCUT2D eigenvalue weighted by Gasteiger charge is -2.42. The van der Waals surface area contributed by atoms with Gasteiger partial charge in [0.2, 0.25) is 0 Å². The van der Waals surface area contributed by atoms with Crippen molar-refractivity contribution in [3.8, 4) is 0 Å². The number of nitrogens with one attached hydrogen (secondary N) is 1. The molecule has 1 N–H and O–H groups in total. The Hall–Kier alpha value is -0.910. The Bertz CT molecular complexity index is 491. The molecule has 0 bridgehead atoms. The lowest BCUT2D eigenvalue weighted by atomic mass is 9.95. The molecular formula is C17H30N4O. The normalized spacial score (nSPS) is 20.4. The summed E-state index contributed by atoms with van der Waals surface area (Å²) < 4.78 is 5.48. The van der Waals surface area contributed by atoms with E-state index in [1.165, 1.54) is 42.6 Å². The summed E-state index contributed by atoms with van der Waals surface area (Å²) in [5, 5.41) is 7.83. The molecule has 1 aromatic rings. The van der Waals surface area contributed by atoms with Crippen LogP contribution in [0.25, 0.3) is 0 Å². The van der Waals surface area contributed by atoms with Crippen LogP contribution in [0.1, 0.15) is 43.6 Å². The van der Waals surface area contributed by atoms with Gasteiger partial charge in [-0.25, -0.2) is 0 Å². The summed E-state index contributed by atoms with van der Waals surface area (Å²) in [6, 6.07) is 0. The van der Waals surface area contributed by atoms with E-state index in [-0.39, 0.29) is 5.54 Å². The van der Waals surface area contributed by atoms with E-state index in [9.17, 15) is 0 Å². The van der Waals surface area contributed by atoms with Crippen LogP contribution in [0.3, 0.4) is 0 Å². The number of aromatic nitrogens is 2. The maximum atomic E-state index is 5.48. The zero-order valence-electron chi connectivity index (χ0n) is 14.3. The molecule has 3 rings (SSSR count). The first-order chi connectivity index (χ1) is 10.6. The van der Waals surface area contributed by atoms with E-state index >= 15 is 0 Å². The maximum Gasteiger partial charge on any atom is 0.0796 e. The van der Waals surface area contributed by atoms with Crippen LogP contribution in [0.4, 0.5) is 0 Å². The SMILES string of the molecule is CN(Cc1n[nH]c2c1CCCC2)CC(C)(C)N1CCOCC1. The number of hydrogen-bond acceptors (Lipinski definition) is 4. The molecular weight excluding hydrogens is 276 g/mol. The minimum atomic E-state index is 0.175. The Morgan fingerprint density at radius 3 is 2.73 bits per heavy atom. The smallest absolute Gasteiger partial charge is 0.0796 e. The Labute approximate surface area is 134 Å². The number of fused-ring (bicyclic) bond motifs is 1. The Morgan fingerprint density at radius 2 is 1.95 bits per heavy atom. The number of ether oxygens (including phenoxy) is 1. The topological polar surface area (TPSA) is 44.4 Å². The molecule has 0 spiro atoms. The fourth-order valence-electron chi connectivity index (χ4n) is 3.92. The van der Waals surface area contributed by atoms with Crippen LogP contribution in [0, 0.1) is 0 Å². The summed E-state index contributed by atoms with van der Waals surface area (Å²) in [4.78, 5) is 4.97. The molecule has 124 valence electrons. The molecule has 0 atom stereocenters. The van der Waals surface area contributed by atoms with Gasteiger partial charge in [0, 0.05) is 37.4 Å². The van der Waals surface area contributed by atoms with E-state index < -0.39 is 0 Å². The van der Waals surface area contributed by atoms with E-state index in [0.29, 0.717) is 0 Å². The second-order valence-electron chi connectivity index (χ2n) is 7.42. The highest BCUT2D eigenvalue weighted by Crippen LogP contribution is 2.24. The Kier molecular flexibility index (Phi) is 4.85.